The van der Waals surface area contributed by atoms with Gasteiger partial charge in [0.2, 0.25) is 11.9 Å². The number of aromatic nitrogens is 5. The molecular weight excluding hydrogens is 359 g/mol. The van der Waals surface area contributed by atoms with Crippen molar-refractivity contribution in [1.29, 1.82) is 0 Å². The van der Waals surface area contributed by atoms with E-state index in [2.05, 4.69) is 35.6 Å². The van der Waals surface area contributed by atoms with Gasteiger partial charge in [-0.3, -0.25) is 9.97 Å². The van der Waals surface area contributed by atoms with Crippen LogP contribution in [0.4, 0.5) is 30.8 Å². The number of nitrogens with zero attached hydrogens (tertiary/aromatic N) is 5. The molecule has 2 N–H and O–H groups in total. The minimum absolute atomic E-state index is 0.0505. The minimum Gasteiger partial charge on any atom is -0.352 e. The van der Waals surface area contributed by atoms with Gasteiger partial charge in [-0.05, 0) is 38.1 Å². The molecule has 140 valence electrons. The average molecular weight is 375 g/mol. The highest BCUT2D eigenvalue weighted by atomic mass is 19.4. The number of rotatable bonds is 5. The molecule has 0 aliphatic rings. The molecule has 0 atom stereocenters. The lowest BCUT2D eigenvalue weighted by Gasteiger charge is -2.12. The molecule has 27 heavy (non-hydrogen) atoms. The molecule has 0 unspecified atom stereocenters. The number of hydrogen-bond acceptors (Lipinski definition) is 7. The van der Waals surface area contributed by atoms with Crippen LogP contribution in [-0.2, 0) is 6.18 Å². The molecule has 10 heteroatoms. The zero-order chi connectivity index (χ0) is 19.4. The van der Waals surface area contributed by atoms with E-state index >= 15 is 0 Å². The average Bonchev–Trinajstić information content (AvgIpc) is 2.61. The van der Waals surface area contributed by atoms with Gasteiger partial charge in [-0.1, -0.05) is 6.07 Å². The second-order valence-electron chi connectivity index (χ2n) is 5.87. The predicted molar refractivity (Wildman–Crippen MR) is 94.3 cm³/mol. The van der Waals surface area contributed by atoms with Gasteiger partial charge < -0.3 is 10.6 Å². The third kappa shape index (κ3) is 4.87. The molecule has 0 amide bonds. The number of pyridine rings is 2. The van der Waals surface area contributed by atoms with Crippen LogP contribution in [0, 0.1) is 0 Å². The van der Waals surface area contributed by atoms with E-state index in [9.17, 15) is 13.2 Å². The Morgan fingerprint density at radius 1 is 0.926 bits per heavy atom. The van der Waals surface area contributed by atoms with E-state index in [0.29, 0.717) is 11.5 Å². The van der Waals surface area contributed by atoms with Gasteiger partial charge in [-0.25, -0.2) is 0 Å². The number of hydrogen-bond donors (Lipinski definition) is 2. The highest BCUT2D eigenvalue weighted by Crippen LogP contribution is 2.29. The Bertz CT molecular complexity index is 914. The van der Waals surface area contributed by atoms with Crippen LogP contribution in [0.5, 0.6) is 0 Å². The molecule has 3 heterocycles. The van der Waals surface area contributed by atoms with Crippen LogP contribution in [0.15, 0.2) is 42.7 Å². The lowest BCUT2D eigenvalue weighted by Crippen LogP contribution is -2.15. The lowest BCUT2D eigenvalue weighted by atomic mass is 10.3. The fourth-order valence-electron chi connectivity index (χ4n) is 2.16. The molecule has 0 aromatic carbocycles. The molecule has 0 spiro atoms. The van der Waals surface area contributed by atoms with Gasteiger partial charge in [-0.15, -0.1) is 0 Å². The van der Waals surface area contributed by atoms with Crippen LogP contribution in [-0.4, -0.2) is 31.0 Å². The highest BCUT2D eigenvalue weighted by Gasteiger charge is 2.32. The number of alkyl halides is 3. The van der Waals surface area contributed by atoms with Crippen molar-refractivity contribution in [1.82, 2.24) is 24.9 Å². The van der Waals surface area contributed by atoms with E-state index in [-0.39, 0.29) is 23.6 Å². The van der Waals surface area contributed by atoms with Crippen LogP contribution in [0.2, 0.25) is 0 Å². The third-order valence-electron chi connectivity index (χ3n) is 3.25. The second kappa shape index (κ2) is 7.52. The van der Waals surface area contributed by atoms with Crippen molar-refractivity contribution >= 4 is 17.6 Å². The largest absolute Gasteiger partial charge is 0.433 e. The molecule has 0 saturated heterocycles. The summed E-state index contributed by atoms with van der Waals surface area (Å²) in [7, 11) is 0. The first kappa shape index (κ1) is 18.5. The molecule has 0 radical (unpaired) electrons. The fraction of sp³-hybridized carbons (Fsp3) is 0.235. The van der Waals surface area contributed by atoms with Crippen molar-refractivity contribution in [3.63, 3.8) is 0 Å². The highest BCUT2D eigenvalue weighted by molar-refractivity contribution is 5.58. The Morgan fingerprint density at radius 3 is 2.37 bits per heavy atom. The summed E-state index contributed by atoms with van der Waals surface area (Å²) in [5.41, 5.74) is -0.335. The Labute approximate surface area is 153 Å². The first-order valence-electron chi connectivity index (χ1n) is 8.05. The summed E-state index contributed by atoms with van der Waals surface area (Å²) >= 11 is 0. The summed E-state index contributed by atoms with van der Waals surface area (Å²) in [6, 6.07) is 7.61. The van der Waals surface area contributed by atoms with E-state index in [1.807, 2.05) is 13.8 Å². The van der Waals surface area contributed by atoms with Gasteiger partial charge in [0.1, 0.15) is 11.4 Å². The summed E-state index contributed by atoms with van der Waals surface area (Å²) in [5, 5.41) is 5.82. The summed E-state index contributed by atoms with van der Waals surface area (Å²) in [6.07, 6.45) is -1.88. The Balaban J connectivity index is 1.97. The van der Waals surface area contributed by atoms with E-state index < -0.39 is 11.9 Å². The quantitative estimate of drug-likeness (QED) is 0.699. The maximum atomic E-state index is 12.8. The SMILES string of the molecule is CC(C)Nc1nc(Nc2ccnc(C(F)(F)F)c2)nc(-c2ccccn2)n1. The second-order valence-corrected chi connectivity index (χ2v) is 5.87. The van der Waals surface area contributed by atoms with Crippen molar-refractivity contribution in [3.8, 4) is 11.5 Å². The van der Waals surface area contributed by atoms with Crippen LogP contribution < -0.4 is 10.6 Å². The fourth-order valence-corrected chi connectivity index (χ4v) is 2.16. The van der Waals surface area contributed by atoms with Crippen LogP contribution in [0.25, 0.3) is 11.5 Å². The molecule has 7 nitrogen and oxygen atoms in total. The van der Waals surface area contributed by atoms with E-state index in [1.54, 1.807) is 24.4 Å². The van der Waals surface area contributed by atoms with Gasteiger partial charge in [0.25, 0.3) is 0 Å². The summed E-state index contributed by atoms with van der Waals surface area (Å²) in [4.78, 5) is 20.3. The minimum atomic E-state index is -4.54. The lowest BCUT2D eigenvalue weighted by molar-refractivity contribution is -0.141. The normalized spacial score (nSPS) is 11.5. The molecule has 3 rings (SSSR count). The van der Waals surface area contributed by atoms with Crippen molar-refractivity contribution in [2.45, 2.75) is 26.1 Å². The molecule has 0 bridgehead atoms. The molecule has 0 saturated carbocycles. The monoisotopic (exact) mass is 375 g/mol. The van der Waals surface area contributed by atoms with Crippen LogP contribution in [0.1, 0.15) is 19.5 Å². The van der Waals surface area contributed by atoms with Crippen LogP contribution in [0.3, 0.4) is 0 Å². The molecule has 3 aromatic rings. The Hall–Kier alpha value is -3.30. The zero-order valence-electron chi connectivity index (χ0n) is 14.5. The third-order valence-corrected chi connectivity index (χ3v) is 3.25. The number of halogens is 3. The van der Waals surface area contributed by atoms with Crippen molar-refractivity contribution in [2.24, 2.45) is 0 Å². The van der Waals surface area contributed by atoms with Crippen molar-refractivity contribution < 1.29 is 13.2 Å². The van der Waals surface area contributed by atoms with E-state index in [0.717, 1.165) is 12.3 Å². The Kier molecular flexibility index (Phi) is 5.15. The standard InChI is InChI=1S/C17H16F3N7/c1-10(2)23-15-25-14(12-5-3-4-7-21-12)26-16(27-15)24-11-6-8-22-13(9-11)17(18,19)20/h3-10H,1-2H3,(H2,22,23,24,25,26,27). The van der Waals surface area contributed by atoms with Crippen molar-refractivity contribution in [3.05, 3.63) is 48.4 Å². The van der Waals surface area contributed by atoms with Gasteiger partial charge in [-0.2, -0.15) is 28.1 Å². The Morgan fingerprint density at radius 2 is 1.70 bits per heavy atom. The van der Waals surface area contributed by atoms with Gasteiger partial charge >= 0.3 is 6.18 Å². The summed E-state index contributed by atoms with van der Waals surface area (Å²) in [5.74, 6) is 0.669. The van der Waals surface area contributed by atoms with Crippen molar-refractivity contribution in [2.75, 3.05) is 10.6 Å². The number of anilines is 3. The first-order chi connectivity index (χ1) is 12.8. The summed E-state index contributed by atoms with van der Waals surface area (Å²) < 4.78 is 38.5. The smallest absolute Gasteiger partial charge is 0.352 e. The molecule has 0 aliphatic carbocycles. The molecule has 0 aliphatic heterocycles. The molecule has 0 fully saturated rings. The van der Waals surface area contributed by atoms with E-state index in [1.165, 1.54) is 6.07 Å². The topological polar surface area (TPSA) is 88.5 Å². The molecular formula is C17H16F3N7. The number of nitrogens with one attached hydrogen (secondary N) is 2. The first-order valence-corrected chi connectivity index (χ1v) is 8.05. The summed E-state index contributed by atoms with van der Waals surface area (Å²) in [6.45, 7) is 3.83. The molecule has 3 aromatic heterocycles. The maximum absolute atomic E-state index is 12.8. The maximum Gasteiger partial charge on any atom is 0.433 e. The zero-order valence-corrected chi connectivity index (χ0v) is 14.5. The van der Waals surface area contributed by atoms with E-state index in [4.69, 9.17) is 0 Å². The predicted octanol–water partition coefficient (Wildman–Crippen LogP) is 3.91. The van der Waals surface area contributed by atoms with Gasteiger partial charge in [0.05, 0.1) is 0 Å². The van der Waals surface area contributed by atoms with Gasteiger partial charge in [0.15, 0.2) is 5.82 Å². The van der Waals surface area contributed by atoms with Gasteiger partial charge in [0, 0.05) is 24.1 Å². The van der Waals surface area contributed by atoms with Crippen LogP contribution >= 0.6 is 0 Å².